The number of nitrogens with two attached hydrogens (primary N) is 1. The van der Waals surface area contributed by atoms with Crippen molar-refractivity contribution >= 4 is 17.5 Å². The van der Waals surface area contributed by atoms with Crippen LogP contribution in [0, 0.1) is 0 Å². The summed E-state index contributed by atoms with van der Waals surface area (Å²) in [5.74, 6) is -0.0733. The van der Waals surface area contributed by atoms with E-state index in [1.807, 2.05) is 36.4 Å². The topological polar surface area (TPSA) is 52.3 Å². The summed E-state index contributed by atoms with van der Waals surface area (Å²) >= 11 is 6.15. The third-order valence-electron chi connectivity index (χ3n) is 2.74. The van der Waals surface area contributed by atoms with E-state index in [1.165, 1.54) is 0 Å². The molecule has 19 heavy (non-hydrogen) atoms. The summed E-state index contributed by atoms with van der Waals surface area (Å²) in [5.41, 5.74) is 7.21. The highest BCUT2D eigenvalue weighted by Gasteiger charge is 2.12. The van der Waals surface area contributed by atoms with E-state index in [0.29, 0.717) is 10.8 Å². The van der Waals surface area contributed by atoms with Gasteiger partial charge in [0.1, 0.15) is 5.75 Å². The smallest absolute Gasteiger partial charge is 0.258 e. The van der Waals surface area contributed by atoms with E-state index in [1.54, 1.807) is 19.1 Å². The average molecular weight is 276 g/mol. The van der Waals surface area contributed by atoms with E-state index in [-0.39, 0.29) is 0 Å². The molecule has 2 N–H and O–H groups in total. The first-order chi connectivity index (χ1) is 9.08. The lowest BCUT2D eigenvalue weighted by atomic mass is 10.1. The minimum absolute atomic E-state index is 0.452. The van der Waals surface area contributed by atoms with E-state index < -0.39 is 12.0 Å². The number of carbonyl (C=O) groups excluding carboxylic acids is 1. The maximum Gasteiger partial charge on any atom is 0.258 e. The number of ether oxygens (including phenoxy) is 1. The molecule has 0 radical (unpaired) electrons. The number of carbonyl (C=O) groups is 1. The first kappa shape index (κ1) is 13.4. The zero-order chi connectivity index (χ0) is 13.8. The first-order valence-corrected chi connectivity index (χ1v) is 6.26. The Bertz CT molecular complexity index is 584. The zero-order valence-corrected chi connectivity index (χ0v) is 11.2. The van der Waals surface area contributed by atoms with Gasteiger partial charge in [0.25, 0.3) is 5.91 Å². The van der Waals surface area contributed by atoms with Crippen molar-refractivity contribution in [1.29, 1.82) is 0 Å². The molecule has 2 aromatic carbocycles. The summed E-state index contributed by atoms with van der Waals surface area (Å²) in [6.45, 7) is 1.59. The van der Waals surface area contributed by atoms with Crippen LogP contribution in [0.1, 0.15) is 6.92 Å². The van der Waals surface area contributed by atoms with Crippen LogP contribution < -0.4 is 10.5 Å². The molecule has 4 heteroatoms. The molecule has 0 bridgehead atoms. The zero-order valence-electron chi connectivity index (χ0n) is 10.5. The highest BCUT2D eigenvalue weighted by molar-refractivity contribution is 6.32. The first-order valence-electron chi connectivity index (χ1n) is 5.89. The Kier molecular flexibility index (Phi) is 4.07. The molecule has 0 aliphatic carbocycles. The molecule has 0 saturated heterocycles. The van der Waals surface area contributed by atoms with Crippen LogP contribution in [-0.4, -0.2) is 12.0 Å². The molecule has 0 unspecified atom stereocenters. The van der Waals surface area contributed by atoms with Crippen molar-refractivity contribution in [2.24, 2.45) is 5.73 Å². The second kappa shape index (κ2) is 5.76. The highest BCUT2D eigenvalue weighted by Crippen LogP contribution is 2.30. The van der Waals surface area contributed by atoms with Gasteiger partial charge in [-0.2, -0.15) is 0 Å². The molecule has 2 rings (SSSR count). The van der Waals surface area contributed by atoms with E-state index >= 15 is 0 Å². The van der Waals surface area contributed by atoms with Crippen molar-refractivity contribution in [3.05, 3.63) is 53.6 Å². The summed E-state index contributed by atoms with van der Waals surface area (Å²) in [7, 11) is 0. The molecule has 2 aromatic rings. The Balaban J connectivity index is 2.25. The number of rotatable bonds is 4. The fourth-order valence-electron chi connectivity index (χ4n) is 1.66. The van der Waals surface area contributed by atoms with Crippen molar-refractivity contribution in [3.63, 3.8) is 0 Å². The molecule has 1 amide bonds. The number of hydrogen-bond donors (Lipinski definition) is 1. The van der Waals surface area contributed by atoms with Gasteiger partial charge in [-0.15, -0.1) is 0 Å². The third kappa shape index (κ3) is 3.26. The second-order valence-electron chi connectivity index (χ2n) is 4.17. The van der Waals surface area contributed by atoms with E-state index in [0.717, 1.165) is 11.1 Å². The fraction of sp³-hybridized carbons (Fsp3) is 0.133. The largest absolute Gasteiger partial charge is 0.479 e. The minimum Gasteiger partial charge on any atom is -0.479 e. The average Bonchev–Trinajstić information content (AvgIpc) is 2.41. The summed E-state index contributed by atoms with van der Waals surface area (Å²) in [4.78, 5) is 11.0. The maximum absolute atomic E-state index is 11.0. The predicted octanol–water partition coefficient (Wildman–Crippen LogP) is 3.26. The van der Waals surface area contributed by atoms with Gasteiger partial charge < -0.3 is 10.5 Å². The fourth-order valence-corrected chi connectivity index (χ4v) is 1.88. The van der Waals surface area contributed by atoms with Crippen molar-refractivity contribution in [1.82, 2.24) is 0 Å². The Labute approximate surface area is 117 Å². The Morgan fingerprint density at radius 3 is 2.42 bits per heavy atom. The third-order valence-corrected chi connectivity index (χ3v) is 3.04. The lowest BCUT2D eigenvalue weighted by Crippen LogP contribution is -2.30. The molecule has 0 aliphatic rings. The van der Waals surface area contributed by atoms with Crippen LogP contribution in [0.25, 0.3) is 11.1 Å². The SMILES string of the molecule is C[C@@H](Oc1ccc(-c2ccccc2)cc1Cl)C(N)=O. The molecule has 0 saturated carbocycles. The molecular formula is C15H14ClNO2. The van der Waals surface area contributed by atoms with E-state index in [9.17, 15) is 4.79 Å². The molecule has 0 fully saturated rings. The van der Waals surface area contributed by atoms with Crippen molar-refractivity contribution < 1.29 is 9.53 Å². The molecule has 98 valence electrons. The number of primary amides is 1. The minimum atomic E-state index is -0.708. The van der Waals surface area contributed by atoms with Crippen LogP contribution in [0.15, 0.2) is 48.5 Å². The van der Waals surface area contributed by atoms with Crippen LogP contribution in [-0.2, 0) is 4.79 Å². The number of halogens is 1. The number of hydrogen-bond acceptors (Lipinski definition) is 2. The number of benzene rings is 2. The van der Waals surface area contributed by atoms with Crippen LogP contribution in [0.5, 0.6) is 5.75 Å². The second-order valence-corrected chi connectivity index (χ2v) is 4.58. The van der Waals surface area contributed by atoms with Crippen LogP contribution in [0.4, 0.5) is 0 Å². The summed E-state index contributed by atoms with van der Waals surface area (Å²) in [6.07, 6.45) is -0.708. The standard InChI is InChI=1S/C15H14ClNO2/c1-10(15(17)18)19-14-8-7-12(9-13(14)16)11-5-3-2-4-6-11/h2-10H,1H3,(H2,17,18)/t10-/m1/s1. The van der Waals surface area contributed by atoms with Crippen molar-refractivity contribution in [3.8, 4) is 16.9 Å². The highest BCUT2D eigenvalue weighted by atomic mass is 35.5. The van der Waals surface area contributed by atoms with Gasteiger partial charge in [0.15, 0.2) is 6.10 Å². The number of amides is 1. The molecule has 0 heterocycles. The molecule has 1 atom stereocenters. The van der Waals surface area contributed by atoms with Gasteiger partial charge in [0, 0.05) is 0 Å². The van der Waals surface area contributed by atoms with Crippen molar-refractivity contribution in [2.45, 2.75) is 13.0 Å². The van der Waals surface area contributed by atoms with Gasteiger partial charge in [0.2, 0.25) is 0 Å². The Hall–Kier alpha value is -2.00. The molecule has 3 nitrogen and oxygen atoms in total. The monoisotopic (exact) mass is 275 g/mol. The van der Waals surface area contributed by atoms with Crippen LogP contribution in [0.2, 0.25) is 5.02 Å². The van der Waals surface area contributed by atoms with E-state index in [2.05, 4.69) is 0 Å². The van der Waals surface area contributed by atoms with Crippen LogP contribution in [0.3, 0.4) is 0 Å². The Morgan fingerprint density at radius 2 is 1.84 bits per heavy atom. The van der Waals surface area contributed by atoms with Gasteiger partial charge in [-0.25, -0.2) is 0 Å². The van der Waals surface area contributed by atoms with E-state index in [4.69, 9.17) is 22.1 Å². The lowest BCUT2D eigenvalue weighted by Gasteiger charge is -2.13. The Morgan fingerprint density at radius 1 is 1.16 bits per heavy atom. The summed E-state index contributed by atoms with van der Waals surface area (Å²) in [5, 5.41) is 0.453. The quantitative estimate of drug-likeness (QED) is 0.931. The molecule has 0 aliphatic heterocycles. The van der Waals surface area contributed by atoms with Gasteiger partial charge in [-0.05, 0) is 30.2 Å². The summed E-state index contributed by atoms with van der Waals surface area (Å²) in [6, 6.07) is 15.3. The summed E-state index contributed by atoms with van der Waals surface area (Å²) < 4.78 is 5.39. The normalized spacial score (nSPS) is 11.9. The van der Waals surface area contributed by atoms with Crippen molar-refractivity contribution in [2.75, 3.05) is 0 Å². The maximum atomic E-state index is 11.0. The van der Waals surface area contributed by atoms with Gasteiger partial charge in [-0.3, -0.25) is 4.79 Å². The predicted molar refractivity (Wildman–Crippen MR) is 76.2 cm³/mol. The van der Waals surface area contributed by atoms with Gasteiger partial charge >= 0.3 is 0 Å². The lowest BCUT2D eigenvalue weighted by molar-refractivity contribution is -0.123. The molecule has 0 spiro atoms. The van der Waals surface area contributed by atoms with Crippen LogP contribution >= 0.6 is 11.6 Å². The molecule has 0 aromatic heterocycles. The van der Waals surface area contributed by atoms with Gasteiger partial charge in [-0.1, -0.05) is 48.0 Å². The van der Waals surface area contributed by atoms with Gasteiger partial charge in [0.05, 0.1) is 5.02 Å². The molecular weight excluding hydrogens is 262 g/mol.